The Morgan fingerprint density at radius 1 is 0.946 bits per heavy atom. The van der Waals surface area contributed by atoms with Crippen LogP contribution in [0.5, 0.6) is 0 Å². The van der Waals surface area contributed by atoms with Gasteiger partial charge in [-0.3, -0.25) is 9.69 Å². The fourth-order valence-electron chi connectivity index (χ4n) is 5.02. The van der Waals surface area contributed by atoms with Gasteiger partial charge in [0.25, 0.3) is 0 Å². The Morgan fingerprint density at radius 3 is 2.19 bits per heavy atom. The summed E-state index contributed by atoms with van der Waals surface area (Å²) in [6.07, 6.45) is 3.28. The van der Waals surface area contributed by atoms with E-state index in [-0.39, 0.29) is 23.7 Å². The first kappa shape index (κ1) is 26.7. The number of hydrogen-bond donors (Lipinski definition) is 1. The van der Waals surface area contributed by atoms with Gasteiger partial charge < -0.3 is 10.2 Å². The first-order valence-corrected chi connectivity index (χ1v) is 13.5. The normalized spacial score (nSPS) is 15.2. The van der Waals surface area contributed by atoms with Gasteiger partial charge in [-0.05, 0) is 57.0 Å². The second-order valence-electron chi connectivity index (χ2n) is 10.1. The standard InChI is InChI=1S/C29H40N6O2/c1-5-6-10-17-30-28(36)27(24-11-8-7-9-12-24)33-20-18-32(19-21-33)25-13-15-26(16-14-25)34-23(4)31-35(22(2)3)29(34)37/h7-9,11-16,22,27H,5-6,10,17-21H2,1-4H3,(H,30,36). The lowest BCUT2D eigenvalue weighted by molar-refractivity contribution is -0.126. The molecule has 0 saturated carbocycles. The zero-order valence-corrected chi connectivity index (χ0v) is 22.6. The van der Waals surface area contributed by atoms with Crippen molar-refractivity contribution >= 4 is 11.6 Å². The van der Waals surface area contributed by atoms with Crippen LogP contribution in [0, 0.1) is 6.92 Å². The Kier molecular flexibility index (Phi) is 8.82. The molecule has 0 bridgehead atoms. The van der Waals surface area contributed by atoms with Crippen molar-refractivity contribution in [1.82, 2.24) is 24.6 Å². The van der Waals surface area contributed by atoms with E-state index < -0.39 is 0 Å². The van der Waals surface area contributed by atoms with Crippen LogP contribution in [0.4, 0.5) is 5.69 Å². The molecule has 1 unspecified atom stereocenters. The predicted octanol–water partition coefficient (Wildman–Crippen LogP) is 4.09. The van der Waals surface area contributed by atoms with Gasteiger partial charge in [0.1, 0.15) is 11.9 Å². The van der Waals surface area contributed by atoms with Gasteiger partial charge in [-0.1, -0.05) is 50.1 Å². The summed E-state index contributed by atoms with van der Waals surface area (Å²) in [5.74, 6) is 0.767. The molecular formula is C29H40N6O2. The van der Waals surface area contributed by atoms with Crippen molar-refractivity contribution in [2.45, 2.75) is 59.0 Å². The predicted molar refractivity (Wildman–Crippen MR) is 148 cm³/mol. The number of anilines is 1. The number of aromatic nitrogens is 3. The lowest BCUT2D eigenvalue weighted by atomic mass is 10.0. The summed E-state index contributed by atoms with van der Waals surface area (Å²) in [5, 5.41) is 7.58. The second-order valence-corrected chi connectivity index (χ2v) is 10.1. The largest absolute Gasteiger partial charge is 0.369 e. The average molecular weight is 505 g/mol. The third-order valence-electron chi connectivity index (χ3n) is 7.05. The number of hydrogen-bond acceptors (Lipinski definition) is 5. The number of rotatable bonds is 10. The van der Waals surface area contributed by atoms with E-state index >= 15 is 0 Å². The molecule has 3 aromatic rings. The minimum absolute atomic E-state index is 0.0150. The molecule has 1 aliphatic heterocycles. The van der Waals surface area contributed by atoms with Gasteiger partial charge in [-0.2, -0.15) is 5.10 Å². The SMILES string of the molecule is CCCCCNC(=O)C(c1ccccc1)N1CCN(c2ccc(-n3c(C)nn(C(C)C)c3=O)cc2)CC1. The minimum atomic E-state index is -0.278. The molecule has 1 saturated heterocycles. The minimum Gasteiger partial charge on any atom is -0.369 e. The number of unbranched alkanes of at least 4 members (excludes halogenated alkanes) is 2. The molecule has 1 amide bonds. The van der Waals surface area contributed by atoms with Crippen LogP contribution in [0.3, 0.4) is 0 Å². The number of amides is 1. The first-order chi connectivity index (χ1) is 17.9. The van der Waals surface area contributed by atoms with Crippen molar-refractivity contribution in [2.24, 2.45) is 0 Å². The molecule has 1 aromatic heterocycles. The number of benzene rings is 2. The molecule has 2 aromatic carbocycles. The summed E-state index contributed by atoms with van der Waals surface area (Å²) < 4.78 is 3.18. The highest BCUT2D eigenvalue weighted by Crippen LogP contribution is 2.25. The Balaban J connectivity index is 1.43. The van der Waals surface area contributed by atoms with Crippen LogP contribution >= 0.6 is 0 Å². The molecule has 4 rings (SSSR count). The van der Waals surface area contributed by atoms with Gasteiger partial charge >= 0.3 is 5.69 Å². The Hall–Kier alpha value is -3.39. The molecule has 198 valence electrons. The summed E-state index contributed by atoms with van der Waals surface area (Å²) in [4.78, 5) is 30.7. The zero-order chi connectivity index (χ0) is 26.4. The maximum Gasteiger partial charge on any atom is 0.350 e. The molecule has 8 nitrogen and oxygen atoms in total. The van der Waals surface area contributed by atoms with Crippen LogP contribution in [-0.2, 0) is 4.79 Å². The quantitative estimate of drug-likeness (QED) is 0.421. The fraction of sp³-hybridized carbons (Fsp3) is 0.483. The van der Waals surface area contributed by atoms with Crippen molar-refractivity contribution < 1.29 is 4.79 Å². The van der Waals surface area contributed by atoms with Crippen LogP contribution in [0.15, 0.2) is 59.4 Å². The van der Waals surface area contributed by atoms with Crippen LogP contribution in [0.2, 0.25) is 0 Å². The van der Waals surface area contributed by atoms with Gasteiger partial charge in [0.15, 0.2) is 0 Å². The fourth-order valence-corrected chi connectivity index (χ4v) is 5.02. The van der Waals surface area contributed by atoms with E-state index in [1.807, 2.05) is 63.2 Å². The zero-order valence-electron chi connectivity index (χ0n) is 22.6. The molecule has 0 spiro atoms. The summed E-state index contributed by atoms with van der Waals surface area (Å²) in [7, 11) is 0. The second kappa shape index (κ2) is 12.2. The van der Waals surface area contributed by atoms with Crippen molar-refractivity contribution in [3.8, 4) is 5.69 Å². The molecule has 1 aliphatic rings. The third kappa shape index (κ3) is 6.13. The molecule has 8 heteroatoms. The first-order valence-electron chi connectivity index (χ1n) is 13.5. The van der Waals surface area contributed by atoms with Crippen LogP contribution in [0.1, 0.15) is 63.5 Å². The lowest BCUT2D eigenvalue weighted by Crippen LogP contribution is -2.51. The van der Waals surface area contributed by atoms with Gasteiger partial charge in [0.05, 0.1) is 11.7 Å². The number of carbonyl (C=O) groups excluding carboxylic acids is 1. The lowest BCUT2D eigenvalue weighted by Gasteiger charge is -2.39. The van der Waals surface area contributed by atoms with Crippen molar-refractivity contribution in [3.05, 3.63) is 76.5 Å². The van der Waals surface area contributed by atoms with Gasteiger partial charge in [0, 0.05) is 38.4 Å². The number of aryl methyl sites for hydroxylation is 1. The highest BCUT2D eigenvalue weighted by atomic mass is 16.2. The van der Waals surface area contributed by atoms with E-state index in [4.69, 9.17) is 0 Å². The summed E-state index contributed by atoms with van der Waals surface area (Å²) in [6.45, 7) is 11.9. The maximum absolute atomic E-state index is 13.2. The van der Waals surface area contributed by atoms with Crippen molar-refractivity contribution in [3.63, 3.8) is 0 Å². The van der Waals surface area contributed by atoms with Crippen LogP contribution < -0.4 is 15.9 Å². The molecule has 1 atom stereocenters. The summed E-state index contributed by atoms with van der Waals surface area (Å²) in [5.41, 5.74) is 2.86. The Labute approximate surface area is 219 Å². The van der Waals surface area contributed by atoms with Crippen LogP contribution in [-0.4, -0.2) is 57.9 Å². The monoisotopic (exact) mass is 504 g/mol. The van der Waals surface area contributed by atoms with E-state index in [9.17, 15) is 9.59 Å². The maximum atomic E-state index is 13.2. The molecule has 0 aliphatic carbocycles. The Bertz CT molecular complexity index is 1210. The Morgan fingerprint density at radius 2 is 1.59 bits per heavy atom. The molecule has 37 heavy (non-hydrogen) atoms. The molecule has 1 fully saturated rings. The third-order valence-corrected chi connectivity index (χ3v) is 7.05. The van der Waals surface area contributed by atoms with E-state index in [1.165, 1.54) is 4.68 Å². The molecular weight excluding hydrogens is 464 g/mol. The van der Waals surface area contributed by atoms with Gasteiger partial charge in [0.2, 0.25) is 5.91 Å². The van der Waals surface area contributed by atoms with Gasteiger partial charge in [-0.25, -0.2) is 14.0 Å². The van der Waals surface area contributed by atoms with E-state index in [2.05, 4.69) is 39.3 Å². The number of piperazine rings is 1. The summed E-state index contributed by atoms with van der Waals surface area (Å²) in [6, 6.07) is 17.9. The molecule has 2 heterocycles. The smallest absolute Gasteiger partial charge is 0.350 e. The van der Waals surface area contributed by atoms with Crippen LogP contribution in [0.25, 0.3) is 5.69 Å². The molecule has 1 N–H and O–H groups in total. The van der Waals surface area contributed by atoms with Crippen molar-refractivity contribution in [2.75, 3.05) is 37.6 Å². The van der Waals surface area contributed by atoms with E-state index in [0.29, 0.717) is 5.82 Å². The average Bonchev–Trinajstić information content (AvgIpc) is 3.22. The highest BCUT2D eigenvalue weighted by molar-refractivity contribution is 5.83. The van der Waals surface area contributed by atoms with E-state index in [1.54, 1.807) is 4.57 Å². The summed E-state index contributed by atoms with van der Waals surface area (Å²) >= 11 is 0. The number of nitrogens with one attached hydrogen (secondary N) is 1. The highest BCUT2D eigenvalue weighted by Gasteiger charge is 2.30. The topological polar surface area (TPSA) is 75.4 Å². The molecule has 0 radical (unpaired) electrons. The van der Waals surface area contributed by atoms with Gasteiger partial charge in [-0.15, -0.1) is 0 Å². The van der Waals surface area contributed by atoms with E-state index in [0.717, 1.165) is 68.9 Å². The number of carbonyl (C=O) groups is 1. The van der Waals surface area contributed by atoms with Crippen molar-refractivity contribution in [1.29, 1.82) is 0 Å². The number of nitrogens with zero attached hydrogens (tertiary/aromatic N) is 5.